The minimum atomic E-state index is -1.38. The summed E-state index contributed by atoms with van der Waals surface area (Å²) >= 11 is 3.39. The number of rotatable bonds is 4. The summed E-state index contributed by atoms with van der Waals surface area (Å²) in [6, 6.07) is 5.16. The van der Waals surface area contributed by atoms with Crippen molar-refractivity contribution in [2.75, 3.05) is 0 Å². The first-order chi connectivity index (χ1) is 10.3. The maximum absolute atomic E-state index is 12.0. The highest BCUT2D eigenvalue weighted by molar-refractivity contribution is 9.10. The van der Waals surface area contributed by atoms with Gasteiger partial charge in [-0.15, -0.1) is 0 Å². The van der Waals surface area contributed by atoms with Crippen molar-refractivity contribution >= 4 is 27.9 Å². The lowest BCUT2D eigenvalue weighted by Crippen LogP contribution is -2.39. The summed E-state index contributed by atoms with van der Waals surface area (Å²) in [5.41, 5.74) is 6.30. The van der Waals surface area contributed by atoms with Crippen molar-refractivity contribution in [3.05, 3.63) is 57.1 Å². The van der Waals surface area contributed by atoms with Gasteiger partial charge in [0.25, 0.3) is 0 Å². The third kappa shape index (κ3) is 2.60. The number of hydrogen-bond donors (Lipinski definition) is 3. The smallest absolute Gasteiger partial charge is 0.331 e. The molecule has 0 saturated carbocycles. The molecule has 0 fully saturated rings. The Kier molecular flexibility index (Phi) is 4.53. The van der Waals surface area contributed by atoms with Crippen molar-refractivity contribution in [1.82, 2.24) is 0 Å². The van der Waals surface area contributed by atoms with Gasteiger partial charge in [-0.25, -0.2) is 4.79 Å². The molecule has 0 spiro atoms. The number of carboxylic acid groups (broad SMARTS) is 2. The van der Waals surface area contributed by atoms with Gasteiger partial charge in [0.15, 0.2) is 0 Å². The van der Waals surface area contributed by atoms with Crippen LogP contribution in [0.4, 0.5) is 0 Å². The molecule has 1 aliphatic carbocycles. The van der Waals surface area contributed by atoms with E-state index in [1.54, 1.807) is 31.2 Å². The lowest BCUT2D eigenvalue weighted by molar-refractivity contribution is -0.142. The highest BCUT2D eigenvalue weighted by Crippen LogP contribution is 2.42. The molecule has 0 bridgehead atoms. The topological polar surface area (TPSA) is 101 Å². The van der Waals surface area contributed by atoms with Crippen LogP contribution in [0.2, 0.25) is 0 Å². The molecule has 0 saturated heterocycles. The molecule has 4 N–H and O–H groups in total. The largest absolute Gasteiger partial charge is 0.480 e. The second kappa shape index (κ2) is 6.06. The van der Waals surface area contributed by atoms with Gasteiger partial charge in [-0.2, -0.15) is 0 Å². The van der Waals surface area contributed by atoms with E-state index in [4.69, 9.17) is 5.73 Å². The predicted molar refractivity (Wildman–Crippen MR) is 85.4 cm³/mol. The van der Waals surface area contributed by atoms with E-state index >= 15 is 0 Å². The number of allylic oxidation sites excluding steroid dienone is 2. The average Bonchev–Trinajstić information content (AvgIpc) is 2.47. The SMILES string of the molecule is CC1=CC=C(C(=O)O)CC1(C(=O)O)c1ccc(CN)c(Br)c1. The molecule has 1 atom stereocenters. The summed E-state index contributed by atoms with van der Waals surface area (Å²) in [6.45, 7) is 2.03. The Balaban J connectivity index is 2.62. The van der Waals surface area contributed by atoms with Gasteiger partial charge in [0.1, 0.15) is 5.41 Å². The summed E-state index contributed by atoms with van der Waals surface area (Å²) in [6.07, 6.45) is 2.93. The van der Waals surface area contributed by atoms with Crippen LogP contribution >= 0.6 is 15.9 Å². The van der Waals surface area contributed by atoms with Crippen LogP contribution in [0.3, 0.4) is 0 Å². The lowest BCUT2D eigenvalue weighted by atomic mass is 9.68. The number of aliphatic carboxylic acids is 2. The molecule has 1 aromatic carbocycles. The van der Waals surface area contributed by atoms with Crippen LogP contribution in [-0.2, 0) is 21.5 Å². The van der Waals surface area contributed by atoms with E-state index in [1.165, 1.54) is 6.08 Å². The molecule has 22 heavy (non-hydrogen) atoms. The molecule has 1 aromatic rings. The predicted octanol–water partition coefficient (Wildman–Crippen LogP) is 2.59. The molecule has 5 nitrogen and oxygen atoms in total. The fraction of sp³-hybridized carbons (Fsp3) is 0.250. The number of carbonyl (C=O) groups is 2. The standard InChI is InChI=1S/C16H16BrNO4/c1-9-2-3-10(14(19)20)7-16(9,15(21)22)12-5-4-11(8-18)13(17)6-12/h2-6H,7-8,18H2,1H3,(H,19,20)(H,21,22). The zero-order chi connectivity index (χ0) is 16.5. The first-order valence-electron chi connectivity index (χ1n) is 6.66. The quantitative estimate of drug-likeness (QED) is 0.761. The number of halogens is 1. The molecular formula is C16H16BrNO4. The molecule has 0 aliphatic heterocycles. The molecule has 1 unspecified atom stereocenters. The van der Waals surface area contributed by atoms with Gasteiger partial charge < -0.3 is 15.9 Å². The van der Waals surface area contributed by atoms with E-state index in [0.29, 0.717) is 22.2 Å². The fourth-order valence-electron chi connectivity index (χ4n) is 2.67. The van der Waals surface area contributed by atoms with Crippen LogP contribution in [-0.4, -0.2) is 22.2 Å². The highest BCUT2D eigenvalue weighted by Gasteiger charge is 2.45. The van der Waals surface area contributed by atoms with Gasteiger partial charge in [-0.3, -0.25) is 4.79 Å². The molecule has 6 heteroatoms. The Morgan fingerprint density at radius 2 is 2.00 bits per heavy atom. The molecule has 0 radical (unpaired) electrons. The van der Waals surface area contributed by atoms with Crippen molar-refractivity contribution in [2.24, 2.45) is 5.73 Å². The van der Waals surface area contributed by atoms with Crippen molar-refractivity contribution in [3.8, 4) is 0 Å². The van der Waals surface area contributed by atoms with Gasteiger partial charge in [-0.05, 0) is 24.1 Å². The van der Waals surface area contributed by atoms with E-state index in [9.17, 15) is 19.8 Å². The minimum absolute atomic E-state index is 0.0759. The van der Waals surface area contributed by atoms with Crippen molar-refractivity contribution in [3.63, 3.8) is 0 Å². The van der Waals surface area contributed by atoms with E-state index < -0.39 is 17.4 Å². The van der Waals surface area contributed by atoms with E-state index in [1.807, 2.05) is 0 Å². The summed E-state index contributed by atoms with van der Waals surface area (Å²) < 4.78 is 0.715. The summed E-state index contributed by atoms with van der Waals surface area (Å²) in [7, 11) is 0. The Morgan fingerprint density at radius 3 is 2.50 bits per heavy atom. The first-order valence-corrected chi connectivity index (χ1v) is 7.46. The van der Waals surface area contributed by atoms with Gasteiger partial charge in [0, 0.05) is 23.0 Å². The van der Waals surface area contributed by atoms with E-state index in [0.717, 1.165) is 5.56 Å². The highest BCUT2D eigenvalue weighted by atomic mass is 79.9. The van der Waals surface area contributed by atoms with Gasteiger partial charge in [0.2, 0.25) is 0 Å². The zero-order valence-electron chi connectivity index (χ0n) is 12.0. The molecular weight excluding hydrogens is 350 g/mol. The Hall–Kier alpha value is -1.92. The first kappa shape index (κ1) is 16.5. The monoisotopic (exact) mass is 365 g/mol. The Morgan fingerprint density at radius 1 is 1.32 bits per heavy atom. The minimum Gasteiger partial charge on any atom is -0.480 e. The van der Waals surface area contributed by atoms with E-state index in [2.05, 4.69) is 15.9 Å². The molecule has 0 heterocycles. The Labute approximate surface area is 136 Å². The molecule has 0 aromatic heterocycles. The molecule has 116 valence electrons. The van der Waals surface area contributed by atoms with Crippen LogP contribution in [0.15, 0.2) is 46.0 Å². The molecule has 2 rings (SSSR count). The average molecular weight is 366 g/mol. The summed E-state index contributed by atoms with van der Waals surface area (Å²) in [5.74, 6) is -2.17. The van der Waals surface area contributed by atoms with Crippen LogP contribution in [0.1, 0.15) is 24.5 Å². The maximum Gasteiger partial charge on any atom is 0.331 e. The van der Waals surface area contributed by atoms with Crippen molar-refractivity contribution < 1.29 is 19.8 Å². The second-order valence-corrected chi connectivity index (χ2v) is 6.10. The summed E-state index contributed by atoms with van der Waals surface area (Å²) in [5, 5.41) is 19.0. The number of hydrogen-bond acceptors (Lipinski definition) is 3. The fourth-order valence-corrected chi connectivity index (χ4v) is 3.22. The Bertz CT molecular complexity index is 708. The number of nitrogens with two attached hydrogens (primary N) is 1. The zero-order valence-corrected chi connectivity index (χ0v) is 13.6. The molecule has 1 aliphatic rings. The number of benzene rings is 1. The van der Waals surface area contributed by atoms with E-state index in [-0.39, 0.29) is 12.0 Å². The third-order valence-corrected chi connectivity index (χ3v) is 4.81. The van der Waals surface area contributed by atoms with Gasteiger partial charge in [-0.1, -0.05) is 45.8 Å². The normalized spacial score (nSPS) is 21.0. The van der Waals surface area contributed by atoms with Crippen LogP contribution < -0.4 is 5.73 Å². The van der Waals surface area contributed by atoms with Crippen LogP contribution in [0, 0.1) is 0 Å². The third-order valence-electron chi connectivity index (χ3n) is 4.07. The van der Waals surface area contributed by atoms with Gasteiger partial charge >= 0.3 is 11.9 Å². The summed E-state index contributed by atoms with van der Waals surface area (Å²) in [4.78, 5) is 23.3. The van der Waals surface area contributed by atoms with Crippen molar-refractivity contribution in [2.45, 2.75) is 25.3 Å². The van der Waals surface area contributed by atoms with Crippen molar-refractivity contribution in [1.29, 1.82) is 0 Å². The van der Waals surface area contributed by atoms with Gasteiger partial charge in [0.05, 0.1) is 0 Å². The second-order valence-electron chi connectivity index (χ2n) is 5.24. The number of carboxylic acids is 2. The maximum atomic E-state index is 12.0. The molecule has 0 amide bonds. The van der Waals surface area contributed by atoms with Crippen LogP contribution in [0.5, 0.6) is 0 Å². The lowest BCUT2D eigenvalue weighted by Gasteiger charge is -2.34. The van der Waals surface area contributed by atoms with Crippen LogP contribution in [0.25, 0.3) is 0 Å².